The summed E-state index contributed by atoms with van der Waals surface area (Å²) in [7, 11) is 0. The van der Waals surface area contributed by atoms with E-state index in [2.05, 4.69) is 21.2 Å². The number of rotatable bonds is 5. The van der Waals surface area contributed by atoms with Crippen molar-refractivity contribution in [2.45, 2.75) is 32.8 Å². The lowest BCUT2D eigenvalue weighted by molar-refractivity contribution is 0.0525. The van der Waals surface area contributed by atoms with Crippen molar-refractivity contribution in [3.05, 3.63) is 27.7 Å². The van der Waals surface area contributed by atoms with Gasteiger partial charge in [0.15, 0.2) is 0 Å². The van der Waals surface area contributed by atoms with E-state index in [1.807, 2.05) is 26.8 Å². The van der Waals surface area contributed by atoms with Crippen molar-refractivity contribution >= 4 is 33.6 Å². The lowest BCUT2D eigenvalue weighted by Crippen LogP contribution is -2.33. The second-order valence-electron chi connectivity index (χ2n) is 5.24. The van der Waals surface area contributed by atoms with Gasteiger partial charge in [-0.1, -0.05) is 27.5 Å². The Balaban J connectivity index is 2.20. The number of alkyl carbamates (subject to hydrolysis) is 1. The Morgan fingerprint density at radius 1 is 1.35 bits per heavy atom. The van der Waals surface area contributed by atoms with Gasteiger partial charge in [0.1, 0.15) is 11.4 Å². The van der Waals surface area contributed by atoms with Crippen LogP contribution in [0, 0.1) is 0 Å². The Kier molecular flexibility index (Phi) is 6.62. The highest BCUT2D eigenvalue weighted by Crippen LogP contribution is 2.24. The number of nitrogens with one attached hydrogen (secondary N) is 1. The molecule has 0 heterocycles. The summed E-state index contributed by atoms with van der Waals surface area (Å²) in [5.74, 6) is 0.696. The van der Waals surface area contributed by atoms with Gasteiger partial charge in [-0.25, -0.2) is 4.79 Å². The number of ether oxygens (including phenoxy) is 2. The fourth-order valence-corrected chi connectivity index (χ4v) is 2.21. The highest BCUT2D eigenvalue weighted by molar-refractivity contribution is 9.10. The third kappa shape index (κ3) is 7.60. The van der Waals surface area contributed by atoms with Crippen LogP contribution >= 0.6 is 27.5 Å². The molecule has 0 aliphatic rings. The van der Waals surface area contributed by atoms with Crippen LogP contribution in [0.15, 0.2) is 22.7 Å². The summed E-state index contributed by atoms with van der Waals surface area (Å²) in [6, 6.07) is 5.37. The highest BCUT2D eigenvalue weighted by Gasteiger charge is 2.15. The number of hydrogen-bond donors (Lipinski definition) is 1. The molecule has 0 radical (unpaired) electrons. The molecule has 0 spiro atoms. The van der Waals surface area contributed by atoms with Gasteiger partial charge in [-0.15, -0.1) is 0 Å². The van der Waals surface area contributed by atoms with E-state index in [1.54, 1.807) is 12.1 Å². The topological polar surface area (TPSA) is 47.6 Å². The molecule has 0 saturated heterocycles. The van der Waals surface area contributed by atoms with Crippen LogP contribution in [-0.4, -0.2) is 24.8 Å². The number of benzene rings is 1. The zero-order chi connectivity index (χ0) is 15.2. The lowest BCUT2D eigenvalue weighted by atomic mass is 10.2. The summed E-state index contributed by atoms with van der Waals surface area (Å²) in [4.78, 5) is 11.4. The predicted molar refractivity (Wildman–Crippen MR) is 83.5 cm³/mol. The van der Waals surface area contributed by atoms with Crippen molar-refractivity contribution in [2.24, 2.45) is 0 Å². The number of amides is 1. The van der Waals surface area contributed by atoms with E-state index in [0.717, 1.165) is 4.47 Å². The third-order valence-corrected chi connectivity index (χ3v) is 2.77. The van der Waals surface area contributed by atoms with Gasteiger partial charge in [-0.05, 0) is 45.4 Å². The maximum atomic E-state index is 11.4. The average Bonchev–Trinajstić information content (AvgIpc) is 2.24. The minimum absolute atomic E-state index is 0.414. The lowest BCUT2D eigenvalue weighted by Gasteiger charge is -2.19. The van der Waals surface area contributed by atoms with Gasteiger partial charge in [0.05, 0.1) is 6.61 Å². The smallest absolute Gasteiger partial charge is 0.407 e. The first-order chi connectivity index (χ1) is 9.26. The predicted octanol–water partition coefficient (Wildman–Crippen LogP) is 4.40. The van der Waals surface area contributed by atoms with Gasteiger partial charge in [-0.2, -0.15) is 0 Å². The Bertz CT molecular complexity index is 440. The van der Waals surface area contributed by atoms with Crippen LogP contribution in [0.5, 0.6) is 5.75 Å². The molecule has 0 fully saturated rings. The largest absolute Gasteiger partial charge is 0.493 e. The normalized spacial score (nSPS) is 11.1. The molecule has 0 aliphatic heterocycles. The monoisotopic (exact) mass is 363 g/mol. The molecule has 0 atom stereocenters. The van der Waals surface area contributed by atoms with E-state index in [-0.39, 0.29) is 0 Å². The summed E-state index contributed by atoms with van der Waals surface area (Å²) < 4.78 is 11.5. The van der Waals surface area contributed by atoms with Crippen molar-refractivity contribution in [3.8, 4) is 5.75 Å². The van der Waals surface area contributed by atoms with Crippen molar-refractivity contribution in [3.63, 3.8) is 0 Å². The second-order valence-corrected chi connectivity index (χ2v) is 6.59. The van der Waals surface area contributed by atoms with Crippen LogP contribution in [0.25, 0.3) is 0 Å². The molecular formula is C14H19BrClNO3. The van der Waals surface area contributed by atoms with E-state index >= 15 is 0 Å². The number of carbonyl (C=O) groups is 1. The molecule has 1 rings (SSSR count). The van der Waals surface area contributed by atoms with Gasteiger partial charge >= 0.3 is 6.09 Å². The van der Waals surface area contributed by atoms with E-state index in [1.165, 1.54) is 0 Å². The molecule has 1 amide bonds. The Labute approximate surface area is 132 Å². The molecule has 0 bridgehead atoms. The van der Waals surface area contributed by atoms with E-state index in [9.17, 15) is 4.79 Å². The van der Waals surface area contributed by atoms with Crippen molar-refractivity contribution in [2.75, 3.05) is 13.2 Å². The molecule has 1 N–H and O–H groups in total. The van der Waals surface area contributed by atoms with Gasteiger partial charge in [0.2, 0.25) is 0 Å². The minimum Gasteiger partial charge on any atom is -0.493 e. The summed E-state index contributed by atoms with van der Waals surface area (Å²) in [5.41, 5.74) is -0.479. The fraction of sp³-hybridized carbons (Fsp3) is 0.500. The van der Waals surface area contributed by atoms with Crippen LogP contribution in [0.1, 0.15) is 27.2 Å². The van der Waals surface area contributed by atoms with Crippen molar-refractivity contribution < 1.29 is 14.3 Å². The fourth-order valence-electron chi connectivity index (χ4n) is 1.38. The maximum Gasteiger partial charge on any atom is 0.407 e. The quantitative estimate of drug-likeness (QED) is 0.788. The Morgan fingerprint density at radius 2 is 2.05 bits per heavy atom. The molecule has 6 heteroatoms. The molecule has 1 aromatic rings. The zero-order valence-electron chi connectivity index (χ0n) is 11.8. The summed E-state index contributed by atoms with van der Waals surface area (Å²) in [6.45, 7) is 6.46. The van der Waals surface area contributed by atoms with Crippen LogP contribution < -0.4 is 10.1 Å². The summed E-state index contributed by atoms with van der Waals surface area (Å²) in [6.07, 6.45) is 0.270. The summed E-state index contributed by atoms with van der Waals surface area (Å²) >= 11 is 9.25. The van der Waals surface area contributed by atoms with Crippen LogP contribution in [0.4, 0.5) is 4.79 Å². The van der Waals surface area contributed by atoms with Gasteiger partial charge < -0.3 is 14.8 Å². The second kappa shape index (κ2) is 7.74. The van der Waals surface area contributed by atoms with Crippen LogP contribution in [0.3, 0.4) is 0 Å². The first-order valence-corrected chi connectivity index (χ1v) is 7.49. The van der Waals surface area contributed by atoms with Gasteiger partial charge in [-0.3, -0.25) is 0 Å². The average molecular weight is 365 g/mol. The molecule has 4 nitrogen and oxygen atoms in total. The molecule has 1 aromatic carbocycles. The third-order valence-electron chi connectivity index (χ3n) is 2.09. The molecule has 0 unspecified atom stereocenters. The van der Waals surface area contributed by atoms with Crippen molar-refractivity contribution in [1.82, 2.24) is 5.32 Å². The molecule has 0 aromatic heterocycles. The highest BCUT2D eigenvalue weighted by atomic mass is 79.9. The van der Waals surface area contributed by atoms with Gasteiger partial charge in [0.25, 0.3) is 0 Å². The number of halogens is 2. The van der Waals surface area contributed by atoms with Crippen LogP contribution in [-0.2, 0) is 4.74 Å². The Morgan fingerprint density at radius 3 is 2.65 bits per heavy atom. The number of carbonyl (C=O) groups excluding carboxylic acids is 1. The SMILES string of the molecule is CC(C)(C)OC(=O)NCCCOc1cc(Cl)cc(Br)c1. The molecular weight excluding hydrogens is 346 g/mol. The van der Waals surface area contributed by atoms with E-state index < -0.39 is 11.7 Å². The first kappa shape index (κ1) is 17.1. The Hall–Kier alpha value is -0.940. The molecule has 112 valence electrons. The van der Waals surface area contributed by atoms with Gasteiger partial charge in [0, 0.05) is 16.0 Å². The standard InChI is InChI=1S/C14H19BrClNO3/c1-14(2,3)20-13(18)17-5-4-6-19-12-8-10(15)7-11(16)9-12/h7-9H,4-6H2,1-3H3,(H,17,18). The molecule has 0 aliphatic carbocycles. The van der Waals surface area contributed by atoms with Crippen molar-refractivity contribution in [1.29, 1.82) is 0 Å². The van der Waals surface area contributed by atoms with E-state index in [4.69, 9.17) is 21.1 Å². The van der Waals surface area contributed by atoms with Crippen LogP contribution in [0.2, 0.25) is 5.02 Å². The number of hydrogen-bond acceptors (Lipinski definition) is 3. The maximum absolute atomic E-state index is 11.4. The van der Waals surface area contributed by atoms with E-state index in [0.29, 0.717) is 30.3 Å². The molecule has 0 saturated carbocycles. The minimum atomic E-state index is -0.479. The zero-order valence-corrected chi connectivity index (χ0v) is 14.2. The molecule has 20 heavy (non-hydrogen) atoms. The first-order valence-electron chi connectivity index (χ1n) is 6.32. The summed E-state index contributed by atoms with van der Waals surface area (Å²) in [5, 5.41) is 3.28.